The predicted octanol–water partition coefficient (Wildman–Crippen LogP) is 1.60. The Hall–Kier alpha value is -2.51. The number of urea groups is 1. The number of hydrogen-bond acceptors (Lipinski definition) is 3. The van der Waals surface area contributed by atoms with Crippen LogP contribution in [-0.2, 0) is 10.3 Å². The molecule has 1 saturated carbocycles. The third-order valence-corrected chi connectivity index (χ3v) is 4.61. The van der Waals surface area contributed by atoms with E-state index in [9.17, 15) is 23.2 Å². The molecule has 3 N–H and O–H groups in total. The number of nitrogens with one attached hydrogen (secondary N) is 1. The zero-order chi connectivity index (χ0) is 17.7. The monoisotopic (exact) mass is 337 g/mol. The Morgan fingerprint density at radius 1 is 1.38 bits per heavy atom. The van der Waals surface area contributed by atoms with Crippen LogP contribution in [0.3, 0.4) is 0 Å². The molecule has 0 spiro atoms. The molecule has 0 unspecified atom stereocenters. The highest BCUT2D eigenvalue weighted by Crippen LogP contribution is 2.43. The molecule has 0 bridgehead atoms. The van der Waals surface area contributed by atoms with Gasteiger partial charge >= 0.3 is 6.03 Å². The molecule has 6 nitrogen and oxygen atoms in total. The summed E-state index contributed by atoms with van der Waals surface area (Å²) in [4.78, 5) is 37.1. The molecular formula is C16H17F2N3O3. The Morgan fingerprint density at radius 2 is 2.04 bits per heavy atom. The molecule has 1 aliphatic heterocycles. The highest BCUT2D eigenvalue weighted by atomic mass is 19.3. The van der Waals surface area contributed by atoms with E-state index in [0.717, 1.165) is 4.90 Å². The topological polar surface area (TPSA) is 92.5 Å². The first-order valence-electron chi connectivity index (χ1n) is 7.55. The van der Waals surface area contributed by atoms with Crippen LogP contribution >= 0.6 is 0 Å². The summed E-state index contributed by atoms with van der Waals surface area (Å²) in [7, 11) is 0. The van der Waals surface area contributed by atoms with E-state index in [0.29, 0.717) is 5.56 Å². The number of rotatable bonds is 4. The van der Waals surface area contributed by atoms with Crippen molar-refractivity contribution in [3.05, 3.63) is 35.4 Å². The first-order chi connectivity index (χ1) is 11.1. The summed E-state index contributed by atoms with van der Waals surface area (Å²) in [6, 6.07) is 5.50. The van der Waals surface area contributed by atoms with E-state index in [1.54, 1.807) is 12.1 Å². The number of imide groups is 1. The number of hydrogen-bond donors (Lipinski definition) is 2. The first-order valence-corrected chi connectivity index (χ1v) is 7.55. The molecule has 1 aliphatic carbocycles. The molecule has 1 heterocycles. The van der Waals surface area contributed by atoms with Crippen molar-refractivity contribution in [1.82, 2.24) is 10.2 Å². The molecule has 0 radical (unpaired) electrons. The molecule has 8 heteroatoms. The number of benzene rings is 1. The van der Waals surface area contributed by atoms with Gasteiger partial charge in [0, 0.05) is 24.9 Å². The summed E-state index contributed by atoms with van der Waals surface area (Å²) >= 11 is 0. The molecule has 1 aromatic rings. The Labute approximate surface area is 137 Å². The van der Waals surface area contributed by atoms with E-state index in [1.807, 2.05) is 0 Å². The van der Waals surface area contributed by atoms with Crippen molar-refractivity contribution in [2.45, 2.75) is 31.2 Å². The summed E-state index contributed by atoms with van der Waals surface area (Å²) < 4.78 is 25.9. The summed E-state index contributed by atoms with van der Waals surface area (Å²) in [5, 5.41) is 2.58. The second-order valence-corrected chi connectivity index (χ2v) is 6.55. The Kier molecular flexibility index (Phi) is 3.58. The third kappa shape index (κ3) is 2.61. The molecule has 4 amide bonds. The highest BCUT2D eigenvalue weighted by molar-refractivity contribution is 6.07. The lowest BCUT2D eigenvalue weighted by Gasteiger charge is -2.36. The second kappa shape index (κ2) is 5.25. The number of carbonyl (C=O) groups excluding carboxylic acids is 3. The van der Waals surface area contributed by atoms with Crippen molar-refractivity contribution in [2.75, 3.05) is 6.54 Å². The molecule has 3 rings (SSSR count). The molecule has 128 valence electrons. The van der Waals surface area contributed by atoms with Crippen LogP contribution in [0.4, 0.5) is 13.6 Å². The molecule has 2 aliphatic rings. The fourth-order valence-electron chi connectivity index (χ4n) is 3.21. The summed E-state index contributed by atoms with van der Waals surface area (Å²) in [5.41, 5.74) is 4.52. The van der Waals surface area contributed by atoms with E-state index in [-0.39, 0.29) is 24.9 Å². The molecule has 0 aromatic heterocycles. The van der Waals surface area contributed by atoms with Gasteiger partial charge in [-0.3, -0.25) is 14.5 Å². The van der Waals surface area contributed by atoms with E-state index in [1.165, 1.54) is 19.1 Å². The maximum Gasteiger partial charge on any atom is 0.325 e. The van der Waals surface area contributed by atoms with Crippen LogP contribution in [-0.4, -0.2) is 35.2 Å². The van der Waals surface area contributed by atoms with Gasteiger partial charge in [-0.15, -0.1) is 0 Å². The molecular weight excluding hydrogens is 320 g/mol. The third-order valence-electron chi connectivity index (χ3n) is 4.61. The van der Waals surface area contributed by atoms with Crippen LogP contribution in [0.2, 0.25) is 0 Å². The lowest BCUT2D eigenvalue weighted by molar-refractivity contribution is -0.137. The molecule has 2 fully saturated rings. The second-order valence-electron chi connectivity index (χ2n) is 6.55. The Bertz CT molecular complexity index is 729. The average Bonchev–Trinajstić information content (AvgIpc) is 2.70. The van der Waals surface area contributed by atoms with Gasteiger partial charge in [-0.25, -0.2) is 13.6 Å². The van der Waals surface area contributed by atoms with Crippen molar-refractivity contribution >= 4 is 17.8 Å². The number of primary amides is 1. The maximum absolute atomic E-state index is 12.9. The molecule has 1 aromatic carbocycles. The summed E-state index contributed by atoms with van der Waals surface area (Å²) in [6.45, 7) is 1.48. The first kappa shape index (κ1) is 16.4. The van der Waals surface area contributed by atoms with Crippen LogP contribution in [0.5, 0.6) is 0 Å². The van der Waals surface area contributed by atoms with Crippen molar-refractivity contribution in [2.24, 2.45) is 11.7 Å². The normalized spacial score (nSPS) is 26.2. The van der Waals surface area contributed by atoms with Crippen LogP contribution in [0, 0.1) is 5.92 Å². The number of halogens is 2. The van der Waals surface area contributed by atoms with E-state index < -0.39 is 35.2 Å². The van der Waals surface area contributed by atoms with Gasteiger partial charge in [-0.2, -0.15) is 0 Å². The number of carbonyl (C=O) groups is 3. The Balaban J connectivity index is 1.82. The highest BCUT2D eigenvalue weighted by Gasteiger charge is 2.52. The number of nitrogens with zero attached hydrogens (tertiary/aromatic N) is 1. The largest absolute Gasteiger partial charge is 0.366 e. The zero-order valence-corrected chi connectivity index (χ0v) is 13.0. The fourth-order valence-corrected chi connectivity index (χ4v) is 3.21. The van der Waals surface area contributed by atoms with Crippen LogP contribution < -0.4 is 11.1 Å². The van der Waals surface area contributed by atoms with Gasteiger partial charge in [-0.05, 0) is 30.5 Å². The standard InChI is InChI=1S/C16H17F2N3O3/c1-15(11-4-2-3-10(5-11)12(19)22)13(23)21(14(24)20-15)8-9-6-16(17,18)7-9/h2-5,9H,6-8H2,1H3,(H2,19,22)(H,20,24)/t15-/m0/s1. The van der Waals surface area contributed by atoms with Gasteiger partial charge in [0.05, 0.1) is 0 Å². The minimum atomic E-state index is -2.71. The number of alkyl halides is 2. The molecule has 24 heavy (non-hydrogen) atoms. The molecule has 1 atom stereocenters. The number of amides is 4. The predicted molar refractivity (Wildman–Crippen MR) is 80.2 cm³/mol. The van der Waals surface area contributed by atoms with Crippen molar-refractivity contribution in [3.63, 3.8) is 0 Å². The van der Waals surface area contributed by atoms with Gasteiger partial charge in [-0.1, -0.05) is 12.1 Å². The van der Waals surface area contributed by atoms with Crippen molar-refractivity contribution in [1.29, 1.82) is 0 Å². The lowest BCUT2D eigenvalue weighted by atomic mass is 9.81. The lowest BCUT2D eigenvalue weighted by Crippen LogP contribution is -2.45. The van der Waals surface area contributed by atoms with Crippen LogP contribution in [0.1, 0.15) is 35.7 Å². The maximum atomic E-state index is 12.9. The average molecular weight is 337 g/mol. The van der Waals surface area contributed by atoms with Crippen LogP contribution in [0.25, 0.3) is 0 Å². The molecule has 1 saturated heterocycles. The zero-order valence-electron chi connectivity index (χ0n) is 13.0. The van der Waals surface area contributed by atoms with Gasteiger partial charge in [0.15, 0.2) is 0 Å². The quantitative estimate of drug-likeness (QED) is 0.817. The van der Waals surface area contributed by atoms with Crippen molar-refractivity contribution in [3.8, 4) is 0 Å². The van der Waals surface area contributed by atoms with E-state index in [2.05, 4.69) is 5.32 Å². The summed E-state index contributed by atoms with van der Waals surface area (Å²) in [6.07, 6.45) is -0.643. The van der Waals surface area contributed by atoms with Gasteiger partial charge < -0.3 is 11.1 Å². The summed E-state index contributed by atoms with van der Waals surface area (Å²) in [5.74, 6) is -4.27. The van der Waals surface area contributed by atoms with Gasteiger partial charge in [0.2, 0.25) is 11.8 Å². The van der Waals surface area contributed by atoms with E-state index in [4.69, 9.17) is 5.73 Å². The van der Waals surface area contributed by atoms with Gasteiger partial charge in [0.1, 0.15) is 5.54 Å². The fraction of sp³-hybridized carbons (Fsp3) is 0.438. The van der Waals surface area contributed by atoms with Crippen molar-refractivity contribution < 1.29 is 23.2 Å². The minimum Gasteiger partial charge on any atom is -0.366 e. The SMILES string of the molecule is C[C@@]1(c2cccc(C(N)=O)c2)NC(=O)N(CC2CC(F)(F)C2)C1=O. The van der Waals surface area contributed by atoms with E-state index >= 15 is 0 Å². The van der Waals surface area contributed by atoms with Gasteiger partial charge in [0.25, 0.3) is 5.91 Å². The smallest absolute Gasteiger partial charge is 0.325 e. The number of nitrogens with two attached hydrogens (primary N) is 1. The minimum absolute atomic E-state index is 0.0364. The van der Waals surface area contributed by atoms with Crippen LogP contribution in [0.15, 0.2) is 24.3 Å². The Morgan fingerprint density at radius 3 is 2.62 bits per heavy atom.